The molecule has 100 valence electrons. The number of hydrogen-bond acceptors (Lipinski definition) is 5. The van der Waals surface area contributed by atoms with E-state index in [9.17, 15) is 8.42 Å². The SMILES string of the molecule is O=S(=O)(Oc1ccc2nccnc2c1)c1ccccc1. The predicted molar refractivity (Wildman–Crippen MR) is 73.8 cm³/mol. The zero-order chi connectivity index (χ0) is 14.0. The van der Waals surface area contributed by atoms with Crippen LogP contribution in [-0.2, 0) is 10.1 Å². The Morgan fingerprint density at radius 3 is 2.30 bits per heavy atom. The standard InChI is InChI=1S/C14H10N2O3S/c17-20(18,12-4-2-1-3-5-12)19-11-6-7-13-14(10-11)16-9-8-15-13/h1-10H. The molecule has 1 heterocycles. The van der Waals surface area contributed by atoms with E-state index in [0.717, 1.165) is 0 Å². The van der Waals surface area contributed by atoms with Gasteiger partial charge in [0.05, 0.1) is 11.0 Å². The second-order valence-electron chi connectivity index (χ2n) is 4.06. The van der Waals surface area contributed by atoms with Crippen LogP contribution >= 0.6 is 0 Å². The van der Waals surface area contributed by atoms with Gasteiger partial charge in [0.15, 0.2) is 0 Å². The molecule has 2 aromatic carbocycles. The molecular weight excluding hydrogens is 276 g/mol. The predicted octanol–water partition coefficient (Wildman–Crippen LogP) is 2.40. The zero-order valence-electron chi connectivity index (χ0n) is 10.3. The van der Waals surface area contributed by atoms with Crippen molar-refractivity contribution in [1.82, 2.24) is 9.97 Å². The Balaban J connectivity index is 1.97. The van der Waals surface area contributed by atoms with Crippen molar-refractivity contribution in [1.29, 1.82) is 0 Å². The molecule has 0 atom stereocenters. The van der Waals surface area contributed by atoms with E-state index in [0.29, 0.717) is 11.0 Å². The molecule has 0 aliphatic rings. The first-order valence-electron chi connectivity index (χ1n) is 5.85. The monoisotopic (exact) mass is 286 g/mol. The molecule has 0 N–H and O–H groups in total. The summed E-state index contributed by atoms with van der Waals surface area (Å²) in [6.07, 6.45) is 3.11. The summed E-state index contributed by atoms with van der Waals surface area (Å²) in [4.78, 5) is 8.33. The van der Waals surface area contributed by atoms with Crippen molar-refractivity contribution in [3.63, 3.8) is 0 Å². The van der Waals surface area contributed by atoms with Crippen molar-refractivity contribution in [3.05, 3.63) is 60.9 Å². The molecule has 3 rings (SSSR count). The van der Waals surface area contributed by atoms with Gasteiger partial charge in [-0.1, -0.05) is 18.2 Å². The van der Waals surface area contributed by atoms with Crippen molar-refractivity contribution in [2.75, 3.05) is 0 Å². The summed E-state index contributed by atoms with van der Waals surface area (Å²) in [6.45, 7) is 0. The van der Waals surface area contributed by atoms with Crippen molar-refractivity contribution in [3.8, 4) is 5.75 Å². The minimum absolute atomic E-state index is 0.110. The Bertz CT molecular complexity index is 848. The maximum absolute atomic E-state index is 12.1. The van der Waals surface area contributed by atoms with Crippen LogP contribution < -0.4 is 4.18 Å². The Morgan fingerprint density at radius 1 is 0.850 bits per heavy atom. The summed E-state index contributed by atoms with van der Waals surface area (Å²) in [5.74, 6) is 0.210. The summed E-state index contributed by atoms with van der Waals surface area (Å²) in [5.41, 5.74) is 1.25. The van der Waals surface area contributed by atoms with Gasteiger partial charge in [-0.25, -0.2) is 0 Å². The van der Waals surface area contributed by atoms with E-state index in [4.69, 9.17) is 4.18 Å². The largest absolute Gasteiger partial charge is 0.379 e. The van der Waals surface area contributed by atoms with Gasteiger partial charge in [0.2, 0.25) is 0 Å². The number of rotatable bonds is 3. The van der Waals surface area contributed by atoms with Crippen LogP contribution in [0.4, 0.5) is 0 Å². The summed E-state index contributed by atoms with van der Waals surface area (Å²) in [5, 5.41) is 0. The van der Waals surface area contributed by atoms with Gasteiger partial charge in [0, 0.05) is 18.5 Å². The van der Waals surface area contributed by atoms with Crippen LogP contribution in [0.5, 0.6) is 5.75 Å². The highest BCUT2D eigenvalue weighted by atomic mass is 32.2. The average molecular weight is 286 g/mol. The Kier molecular flexibility index (Phi) is 3.08. The van der Waals surface area contributed by atoms with Crippen LogP contribution in [0.25, 0.3) is 11.0 Å². The fourth-order valence-electron chi connectivity index (χ4n) is 1.76. The first-order chi connectivity index (χ1) is 9.65. The summed E-state index contributed by atoms with van der Waals surface area (Å²) in [6, 6.07) is 12.7. The maximum Gasteiger partial charge on any atom is 0.339 e. The molecule has 0 bridgehead atoms. The molecule has 0 spiro atoms. The summed E-state index contributed by atoms with van der Waals surface area (Å²) >= 11 is 0. The highest BCUT2D eigenvalue weighted by molar-refractivity contribution is 7.87. The van der Waals surface area contributed by atoms with Crippen molar-refractivity contribution >= 4 is 21.2 Å². The molecule has 0 fully saturated rings. The number of benzene rings is 2. The van der Waals surface area contributed by atoms with Crippen LogP contribution in [0.15, 0.2) is 65.8 Å². The molecule has 0 saturated carbocycles. The lowest BCUT2D eigenvalue weighted by Gasteiger charge is -2.07. The molecule has 20 heavy (non-hydrogen) atoms. The van der Waals surface area contributed by atoms with Crippen LogP contribution in [-0.4, -0.2) is 18.4 Å². The van der Waals surface area contributed by atoms with Crippen LogP contribution in [0.1, 0.15) is 0 Å². The number of hydrogen-bond donors (Lipinski definition) is 0. The molecule has 1 aromatic heterocycles. The van der Waals surface area contributed by atoms with Gasteiger partial charge in [-0.15, -0.1) is 0 Å². The van der Waals surface area contributed by atoms with E-state index < -0.39 is 10.1 Å². The molecule has 0 unspecified atom stereocenters. The van der Waals surface area contributed by atoms with E-state index >= 15 is 0 Å². The molecule has 3 aromatic rings. The highest BCUT2D eigenvalue weighted by Gasteiger charge is 2.16. The number of fused-ring (bicyclic) bond motifs is 1. The summed E-state index contributed by atoms with van der Waals surface area (Å²) in [7, 11) is -3.83. The third kappa shape index (κ3) is 2.46. The van der Waals surface area contributed by atoms with Gasteiger partial charge in [-0.2, -0.15) is 8.42 Å². The van der Waals surface area contributed by atoms with Gasteiger partial charge in [0.25, 0.3) is 0 Å². The third-order valence-electron chi connectivity index (χ3n) is 2.68. The maximum atomic E-state index is 12.1. The average Bonchev–Trinajstić information content (AvgIpc) is 2.48. The second-order valence-corrected chi connectivity index (χ2v) is 5.60. The Morgan fingerprint density at radius 2 is 1.55 bits per heavy atom. The lowest BCUT2D eigenvalue weighted by atomic mass is 10.3. The molecule has 0 aliphatic heterocycles. The zero-order valence-corrected chi connectivity index (χ0v) is 11.1. The topological polar surface area (TPSA) is 69.2 Å². The van der Waals surface area contributed by atoms with E-state index in [1.165, 1.54) is 18.3 Å². The smallest absolute Gasteiger partial charge is 0.339 e. The lowest BCUT2D eigenvalue weighted by molar-refractivity contribution is 0.486. The van der Waals surface area contributed by atoms with Gasteiger partial charge in [-0.05, 0) is 24.3 Å². The van der Waals surface area contributed by atoms with Crippen molar-refractivity contribution in [2.45, 2.75) is 4.90 Å². The van der Waals surface area contributed by atoms with Crippen LogP contribution in [0.2, 0.25) is 0 Å². The van der Waals surface area contributed by atoms with Gasteiger partial charge in [-0.3, -0.25) is 9.97 Å². The number of nitrogens with zero attached hydrogens (tertiary/aromatic N) is 2. The van der Waals surface area contributed by atoms with E-state index in [-0.39, 0.29) is 10.6 Å². The molecule has 0 saturated heterocycles. The second kappa shape index (κ2) is 4.90. The van der Waals surface area contributed by atoms with Crippen molar-refractivity contribution in [2.24, 2.45) is 0 Å². The molecule has 0 radical (unpaired) electrons. The molecule has 0 amide bonds. The van der Waals surface area contributed by atoms with E-state index in [2.05, 4.69) is 9.97 Å². The van der Waals surface area contributed by atoms with E-state index in [1.807, 2.05) is 0 Å². The molecule has 6 heteroatoms. The first kappa shape index (κ1) is 12.6. The van der Waals surface area contributed by atoms with Crippen molar-refractivity contribution < 1.29 is 12.6 Å². The highest BCUT2D eigenvalue weighted by Crippen LogP contribution is 2.21. The van der Waals surface area contributed by atoms with Gasteiger partial charge < -0.3 is 4.18 Å². The molecule has 0 aliphatic carbocycles. The van der Waals surface area contributed by atoms with Crippen LogP contribution in [0, 0.1) is 0 Å². The first-order valence-corrected chi connectivity index (χ1v) is 7.26. The fraction of sp³-hybridized carbons (Fsp3) is 0. The Labute approximate surface area is 116 Å². The fourth-order valence-corrected chi connectivity index (χ4v) is 2.70. The quantitative estimate of drug-likeness (QED) is 0.691. The van der Waals surface area contributed by atoms with E-state index in [1.54, 1.807) is 42.6 Å². The summed E-state index contributed by atoms with van der Waals surface area (Å²) < 4.78 is 29.3. The minimum Gasteiger partial charge on any atom is -0.379 e. The van der Waals surface area contributed by atoms with Crippen LogP contribution in [0.3, 0.4) is 0 Å². The third-order valence-corrected chi connectivity index (χ3v) is 3.94. The molecule has 5 nitrogen and oxygen atoms in total. The Hall–Kier alpha value is -2.47. The van der Waals surface area contributed by atoms with Gasteiger partial charge >= 0.3 is 10.1 Å². The minimum atomic E-state index is -3.83. The van der Waals surface area contributed by atoms with Gasteiger partial charge in [0.1, 0.15) is 10.6 Å². The lowest BCUT2D eigenvalue weighted by Crippen LogP contribution is -2.09. The molecular formula is C14H10N2O3S. The normalized spacial score (nSPS) is 11.4. The number of aromatic nitrogens is 2.